The molecule has 1 aromatic rings. The molecule has 1 heterocycles. The van der Waals surface area contributed by atoms with Crippen molar-refractivity contribution in [3.63, 3.8) is 0 Å². The van der Waals surface area contributed by atoms with E-state index in [9.17, 15) is 9.18 Å². The fourth-order valence-electron chi connectivity index (χ4n) is 2.01. The number of benzene rings is 1. The molecular weight excluding hydrogens is 261 g/mol. The molecule has 0 unspecified atom stereocenters. The first-order valence-corrected chi connectivity index (χ1v) is 5.75. The lowest BCUT2D eigenvalue weighted by Gasteiger charge is -2.13. The van der Waals surface area contributed by atoms with E-state index in [1.54, 1.807) is 6.07 Å². The molecule has 0 radical (unpaired) electrons. The first-order valence-electron chi connectivity index (χ1n) is 4.95. The van der Waals surface area contributed by atoms with Crippen molar-refractivity contribution in [2.45, 2.75) is 25.4 Å². The Morgan fingerprint density at radius 2 is 2.13 bits per heavy atom. The Morgan fingerprint density at radius 3 is 2.80 bits per heavy atom. The summed E-state index contributed by atoms with van der Waals surface area (Å²) in [5.41, 5.74) is 1.46. The van der Waals surface area contributed by atoms with Crippen molar-refractivity contribution >= 4 is 21.8 Å². The third-order valence-corrected chi connectivity index (χ3v) is 3.57. The highest BCUT2D eigenvalue weighted by molar-refractivity contribution is 9.10. The molecule has 15 heavy (non-hydrogen) atoms. The van der Waals surface area contributed by atoms with E-state index >= 15 is 0 Å². The van der Waals surface area contributed by atoms with Gasteiger partial charge in [-0.3, -0.25) is 4.79 Å². The van der Waals surface area contributed by atoms with E-state index < -0.39 is 0 Å². The van der Waals surface area contributed by atoms with Crippen molar-refractivity contribution in [3.8, 4) is 0 Å². The van der Waals surface area contributed by atoms with E-state index in [0.717, 1.165) is 18.4 Å². The molecule has 1 fully saturated rings. The van der Waals surface area contributed by atoms with Gasteiger partial charge in [-0.05, 0) is 46.5 Å². The van der Waals surface area contributed by atoms with Gasteiger partial charge in [-0.15, -0.1) is 0 Å². The standard InChI is InChI=1S/C11H9BrFNO/c12-9-3-6-5-14(7-1-2-7)11(15)8(6)4-10(9)13/h3-4,7H,1-2,5H2. The third-order valence-electron chi connectivity index (χ3n) is 2.97. The number of hydrogen-bond donors (Lipinski definition) is 0. The predicted octanol–water partition coefficient (Wildman–Crippen LogP) is 2.71. The quantitative estimate of drug-likeness (QED) is 0.768. The lowest BCUT2D eigenvalue weighted by molar-refractivity contribution is 0.0766. The number of nitrogens with zero attached hydrogens (tertiary/aromatic N) is 1. The SMILES string of the molecule is O=C1c2cc(F)c(Br)cc2CN1C1CC1. The molecule has 0 aromatic heterocycles. The molecule has 1 aliphatic heterocycles. The first kappa shape index (κ1) is 9.33. The largest absolute Gasteiger partial charge is 0.331 e. The van der Waals surface area contributed by atoms with E-state index in [1.165, 1.54) is 6.07 Å². The van der Waals surface area contributed by atoms with Crippen molar-refractivity contribution in [3.05, 3.63) is 33.5 Å². The van der Waals surface area contributed by atoms with Crippen LogP contribution in [0.1, 0.15) is 28.8 Å². The summed E-state index contributed by atoms with van der Waals surface area (Å²) in [5.74, 6) is -0.376. The van der Waals surface area contributed by atoms with Gasteiger partial charge >= 0.3 is 0 Å². The van der Waals surface area contributed by atoms with Gasteiger partial charge in [-0.1, -0.05) is 0 Å². The van der Waals surface area contributed by atoms with Gasteiger partial charge in [0.1, 0.15) is 5.82 Å². The second-order valence-corrected chi connectivity index (χ2v) is 4.94. The van der Waals surface area contributed by atoms with Crippen LogP contribution in [0.2, 0.25) is 0 Å². The number of fused-ring (bicyclic) bond motifs is 1. The van der Waals surface area contributed by atoms with Crippen molar-refractivity contribution in [2.24, 2.45) is 0 Å². The summed E-state index contributed by atoms with van der Waals surface area (Å²) in [7, 11) is 0. The van der Waals surface area contributed by atoms with E-state index in [0.29, 0.717) is 22.6 Å². The van der Waals surface area contributed by atoms with Crippen molar-refractivity contribution in [1.82, 2.24) is 4.90 Å². The topological polar surface area (TPSA) is 20.3 Å². The van der Waals surface area contributed by atoms with E-state index in [4.69, 9.17) is 0 Å². The van der Waals surface area contributed by atoms with Crippen LogP contribution in [0.15, 0.2) is 16.6 Å². The van der Waals surface area contributed by atoms with Gasteiger partial charge in [-0.2, -0.15) is 0 Å². The van der Waals surface area contributed by atoms with Crippen LogP contribution in [0.25, 0.3) is 0 Å². The number of halogens is 2. The minimum Gasteiger partial charge on any atom is -0.331 e. The van der Waals surface area contributed by atoms with Gasteiger partial charge in [0.15, 0.2) is 0 Å². The zero-order chi connectivity index (χ0) is 10.6. The monoisotopic (exact) mass is 269 g/mol. The number of carbonyl (C=O) groups is 1. The average molecular weight is 270 g/mol. The maximum atomic E-state index is 13.3. The molecule has 2 aliphatic rings. The molecule has 0 saturated heterocycles. The number of amides is 1. The summed E-state index contributed by atoms with van der Waals surface area (Å²) in [4.78, 5) is 13.7. The zero-order valence-corrected chi connectivity index (χ0v) is 9.55. The Labute approximate surface area is 95.2 Å². The van der Waals surface area contributed by atoms with Crippen LogP contribution in [0.5, 0.6) is 0 Å². The smallest absolute Gasteiger partial charge is 0.254 e. The second kappa shape index (κ2) is 3.04. The molecule has 0 atom stereocenters. The second-order valence-electron chi connectivity index (χ2n) is 4.09. The molecular formula is C11H9BrFNO. The molecule has 1 aromatic carbocycles. The van der Waals surface area contributed by atoms with Gasteiger partial charge < -0.3 is 4.90 Å². The average Bonchev–Trinajstić information content (AvgIpc) is 2.98. The Hall–Kier alpha value is -0.900. The Morgan fingerprint density at radius 1 is 1.40 bits per heavy atom. The highest BCUT2D eigenvalue weighted by Gasteiger charge is 2.38. The summed E-state index contributed by atoms with van der Waals surface area (Å²) < 4.78 is 13.7. The van der Waals surface area contributed by atoms with Crippen LogP contribution in [-0.2, 0) is 6.54 Å². The third kappa shape index (κ3) is 1.39. The van der Waals surface area contributed by atoms with Crippen molar-refractivity contribution in [2.75, 3.05) is 0 Å². The lowest BCUT2D eigenvalue weighted by Crippen LogP contribution is -2.25. The molecule has 0 N–H and O–H groups in total. The van der Waals surface area contributed by atoms with E-state index in [1.807, 2.05) is 4.90 Å². The van der Waals surface area contributed by atoms with Crippen LogP contribution in [-0.4, -0.2) is 16.8 Å². The van der Waals surface area contributed by atoms with Crippen LogP contribution >= 0.6 is 15.9 Å². The van der Waals surface area contributed by atoms with Gasteiger partial charge in [0.25, 0.3) is 5.91 Å². The molecule has 1 amide bonds. The van der Waals surface area contributed by atoms with Crippen LogP contribution in [0.4, 0.5) is 4.39 Å². The zero-order valence-electron chi connectivity index (χ0n) is 7.96. The molecule has 0 bridgehead atoms. The lowest BCUT2D eigenvalue weighted by atomic mass is 10.1. The molecule has 78 valence electrons. The normalized spacial score (nSPS) is 19.6. The summed E-state index contributed by atoms with van der Waals surface area (Å²) in [6.07, 6.45) is 2.17. The Kier molecular flexibility index (Phi) is 1.89. The first-order chi connectivity index (χ1) is 7.16. The van der Waals surface area contributed by atoms with Crippen LogP contribution in [0, 0.1) is 5.82 Å². The highest BCUT2D eigenvalue weighted by Crippen LogP contribution is 2.36. The minimum absolute atomic E-state index is 0.0149. The minimum atomic E-state index is -0.361. The maximum absolute atomic E-state index is 13.3. The Balaban J connectivity index is 2.04. The molecule has 0 spiro atoms. The van der Waals surface area contributed by atoms with Crippen LogP contribution in [0.3, 0.4) is 0 Å². The van der Waals surface area contributed by atoms with Gasteiger partial charge in [0.05, 0.1) is 4.47 Å². The van der Waals surface area contributed by atoms with Gasteiger partial charge in [0, 0.05) is 18.2 Å². The summed E-state index contributed by atoms with van der Waals surface area (Å²) >= 11 is 3.14. The highest BCUT2D eigenvalue weighted by atomic mass is 79.9. The van der Waals surface area contributed by atoms with Crippen molar-refractivity contribution in [1.29, 1.82) is 0 Å². The predicted molar refractivity (Wildman–Crippen MR) is 57.0 cm³/mol. The number of rotatable bonds is 1. The Bertz CT molecular complexity index is 456. The van der Waals surface area contributed by atoms with Crippen LogP contribution < -0.4 is 0 Å². The molecule has 1 saturated carbocycles. The number of hydrogen-bond acceptors (Lipinski definition) is 1. The molecule has 4 heteroatoms. The summed E-state index contributed by atoms with van der Waals surface area (Å²) in [6.45, 7) is 0.637. The fourth-order valence-corrected chi connectivity index (χ4v) is 2.40. The fraction of sp³-hybridized carbons (Fsp3) is 0.364. The van der Waals surface area contributed by atoms with E-state index in [-0.39, 0.29) is 11.7 Å². The maximum Gasteiger partial charge on any atom is 0.254 e. The molecule has 1 aliphatic carbocycles. The summed E-state index contributed by atoms with van der Waals surface area (Å²) in [6, 6.07) is 3.45. The number of carbonyl (C=O) groups excluding carboxylic acids is 1. The molecule has 2 nitrogen and oxygen atoms in total. The van der Waals surface area contributed by atoms with Gasteiger partial charge in [-0.25, -0.2) is 4.39 Å². The van der Waals surface area contributed by atoms with Crippen molar-refractivity contribution < 1.29 is 9.18 Å². The molecule has 3 rings (SSSR count). The summed E-state index contributed by atoms with van der Waals surface area (Å²) in [5, 5.41) is 0. The van der Waals surface area contributed by atoms with Gasteiger partial charge in [0.2, 0.25) is 0 Å². The van der Waals surface area contributed by atoms with E-state index in [2.05, 4.69) is 15.9 Å².